The van der Waals surface area contributed by atoms with Gasteiger partial charge in [-0.15, -0.1) is 11.3 Å². The average Bonchev–Trinajstić information content (AvgIpc) is 3.52. The van der Waals surface area contributed by atoms with E-state index in [1.54, 1.807) is 17.6 Å². The van der Waals surface area contributed by atoms with E-state index in [-0.39, 0.29) is 6.04 Å². The van der Waals surface area contributed by atoms with E-state index in [1.165, 1.54) is 17.5 Å². The van der Waals surface area contributed by atoms with Crippen LogP contribution in [0.5, 0.6) is 0 Å². The molecule has 1 fully saturated rings. The van der Waals surface area contributed by atoms with Gasteiger partial charge in [0.1, 0.15) is 11.5 Å². The SMILES string of the molecule is c1coc([C@@H](CNCc2ccc(-c3nc4ccccc4s3)o2)N2CCCC2)c1. The monoisotopic (exact) mass is 393 g/mol. The molecule has 0 saturated carbocycles. The highest BCUT2D eigenvalue weighted by molar-refractivity contribution is 7.21. The minimum absolute atomic E-state index is 0.274. The number of hydrogen-bond acceptors (Lipinski definition) is 6. The predicted molar refractivity (Wildman–Crippen MR) is 111 cm³/mol. The lowest BCUT2D eigenvalue weighted by atomic mass is 10.2. The third-order valence-corrected chi connectivity index (χ3v) is 6.31. The molecule has 5 rings (SSSR count). The molecule has 1 aromatic carbocycles. The molecule has 144 valence electrons. The molecular weight excluding hydrogens is 370 g/mol. The Bertz CT molecular complexity index is 998. The van der Waals surface area contributed by atoms with Crippen LogP contribution in [-0.2, 0) is 6.54 Å². The van der Waals surface area contributed by atoms with Crippen LogP contribution in [0, 0.1) is 0 Å². The molecule has 5 nitrogen and oxygen atoms in total. The predicted octanol–water partition coefficient (Wildman–Crippen LogP) is 5.08. The zero-order valence-electron chi connectivity index (χ0n) is 15.6. The fraction of sp³-hybridized carbons (Fsp3) is 0.318. The second-order valence-electron chi connectivity index (χ2n) is 7.16. The molecule has 1 atom stereocenters. The maximum absolute atomic E-state index is 6.05. The summed E-state index contributed by atoms with van der Waals surface area (Å²) in [5.74, 6) is 2.79. The Morgan fingerprint density at radius 3 is 2.79 bits per heavy atom. The number of hydrogen-bond donors (Lipinski definition) is 1. The van der Waals surface area contributed by atoms with E-state index in [2.05, 4.69) is 27.3 Å². The molecule has 6 heteroatoms. The van der Waals surface area contributed by atoms with Gasteiger partial charge in [-0.25, -0.2) is 4.98 Å². The summed E-state index contributed by atoms with van der Waals surface area (Å²) >= 11 is 1.66. The van der Waals surface area contributed by atoms with Crippen molar-refractivity contribution in [1.82, 2.24) is 15.2 Å². The Hall–Kier alpha value is -2.41. The fourth-order valence-corrected chi connectivity index (χ4v) is 4.77. The van der Waals surface area contributed by atoms with Gasteiger partial charge in [-0.1, -0.05) is 12.1 Å². The first-order valence-electron chi connectivity index (χ1n) is 9.80. The Morgan fingerprint density at radius 2 is 1.96 bits per heavy atom. The number of aromatic nitrogens is 1. The Labute approximate surface area is 168 Å². The molecule has 4 aromatic rings. The molecule has 28 heavy (non-hydrogen) atoms. The number of likely N-dealkylation sites (tertiary alicyclic amines) is 1. The van der Waals surface area contributed by atoms with Gasteiger partial charge in [0.05, 0.1) is 29.1 Å². The van der Waals surface area contributed by atoms with Crippen molar-refractivity contribution in [2.45, 2.75) is 25.4 Å². The summed E-state index contributed by atoms with van der Waals surface area (Å²) in [6.45, 7) is 3.80. The van der Waals surface area contributed by atoms with Gasteiger partial charge in [0.15, 0.2) is 10.8 Å². The van der Waals surface area contributed by atoms with Gasteiger partial charge in [-0.05, 0) is 62.3 Å². The second kappa shape index (κ2) is 7.91. The maximum Gasteiger partial charge on any atom is 0.163 e. The number of rotatable bonds is 7. The van der Waals surface area contributed by atoms with Gasteiger partial charge in [-0.3, -0.25) is 4.90 Å². The normalized spacial score (nSPS) is 16.1. The van der Waals surface area contributed by atoms with Crippen molar-refractivity contribution in [1.29, 1.82) is 0 Å². The molecule has 0 amide bonds. The quantitative estimate of drug-likeness (QED) is 0.475. The van der Waals surface area contributed by atoms with Gasteiger partial charge in [0.2, 0.25) is 0 Å². The molecular formula is C22H23N3O2S. The maximum atomic E-state index is 6.05. The highest BCUT2D eigenvalue weighted by Gasteiger charge is 2.25. The Morgan fingerprint density at radius 1 is 1.07 bits per heavy atom. The molecule has 1 saturated heterocycles. The highest BCUT2D eigenvalue weighted by Crippen LogP contribution is 2.31. The van der Waals surface area contributed by atoms with Crippen molar-refractivity contribution in [3.05, 3.63) is 66.3 Å². The van der Waals surface area contributed by atoms with Gasteiger partial charge in [0, 0.05) is 6.54 Å². The average molecular weight is 394 g/mol. The molecule has 0 bridgehead atoms. The molecule has 0 radical (unpaired) electrons. The van der Waals surface area contributed by atoms with Crippen molar-refractivity contribution >= 4 is 21.6 Å². The van der Waals surface area contributed by atoms with Crippen LogP contribution in [0.25, 0.3) is 21.0 Å². The number of nitrogens with zero attached hydrogens (tertiary/aromatic N) is 2. The lowest BCUT2D eigenvalue weighted by molar-refractivity contribution is 0.208. The topological polar surface area (TPSA) is 54.4 Å². The third kappa shape index (κ3) is 3.63. The van der Waals surface area contributed by atoms with E-state index in [9.17, 15) is 0 Å². The van der Waals surface area contributed by atoms with Crippen molar-refractivity contribution < 1.29 is 8.83 Å². The second-order valence-corrected chi connectivity index (χ2v) is 8.19. The summed E-state index contributed by atoms with van der Waals surface area (Å²) in [6.07, 6.45) is 4.29. The standard InChI is InChI=1S/C22H23N3O2S/c1-2-8-21-17(6-1)24-22(28-21)20-10-9-16(27-20)14-23-15-18(19-7-5-13-26-19)25-11-3-4-12-25/h1-2,5-10,13,18,23H,3-4,11-12,14-15H2/t18-/m1/s1. The lowest BCUT2D eigenvalue weighted by Crippen LogP contribution is -2.33. The van der Waals surface area contributed by atoms with Crippen LogP contribution in [0.2, 0.25) is 0 Å². The first-order valence-corrected chi connectivity index (χ1v) is 10.6. The molecule has 3 aromatic heterocycles. The van der Waals surface area contributed by atoms with Crippen molar-refractivity contribution in [2.75, 3.05) is 19.6 Å². The zero-order chi connectivity index (χ0) is 18.8. The highest BCUT2D eigenvalue weighted by atomic mass is 32.1. The Balaban J connectivity index is 1.24. The van der Waals surface area contributed by atoms with E-state index in [0.29, 0.717) is 6.54 Å². The van der Waals surface area contributed by atoms with Crippen LogP contribution in [0.1, 0.15) is 30.4 Å². The first kappa shape index (κ1) is 17.7. The number of fused-ring (bicyclic) bond motifs is 1. The third-order valence-electron chi connectivity index (χ3n) is 5.26. The molecule has 0 unspecified atom stereocenters. The number of benzene rings is 1. The Kier molecular flexibility index (Phi) is 4.99. The van der Waals surface area contributed by atoms with E-state index in [0.717, 1.165) is 47.4 Å². The van der Waals surface area contributed by atoms with E-state index in [1.807, 2.05) is 36.4 Å². The number of furan rings is 2. The van der Waals surface area contributed by atoms with Gasteiger partial charge in [0.25, 0.3) is 0 Å². The van der Waals surface area contributed by atoms with Crippen LogP contribution in [0.15, 0.2) is 63.6 Å². The van der Waals surface area contributed by atoms with E-state index in [4.69, 9.17) is 8.83 Å². The van der Waals surface area contributed by atoms with Crippen molar-refractivity contribution in [3.8, 4) is 10.8 Å². The van der Waals surface area contributed by atoms with Crippen molar-refractivity contribution in [2.24, 2.45) is 0 Å². The van der Waals surface area contributed by atoms with Gasteiger partial charge >= 0.3 is 0 Å². The minimum atomic E-state index is 0.274. The summed E-state index contributed by atoms with van der Waals surface area (Å²) < 4.78 is 12.9. The largest absolute Gasteiger partial charge is 0.468 e. The van der Waals surface area contributed by atoms with E-state index < -0.39 is 0 Å². The molecule has 0 aliphatic carbocycles. The number of para-hydroxylation sites is 1. The summed E-state index contributed by atoms with van der Waals surface area (Å²) in [5.41, 5.74) is 1.02. The van der Waals surface area contributed by atoms with E-state index >= 15 is 0 Å². The summed E-state index contributed by atoms with van der Waals surface area (Å²) in [4.78, 5) is 7.18. The van der Waals surface area contributed by atoms with Gasteiger partial charge < -0.3 is 14.2 Å². The molecule has 1 aliphatic rings. The molecule has 0 spiro atoms. The molecule has 4 heterocycles. The fourth-order valence-electron chi connectivity index (χ4n) is 3.84. The molecule has 1 N–H and O–H groups in total. The number of thiazole rings is 1. The van der Waals surface area contributed by atoms with Crippen LogP contribution in [-0.4, -0.2) is 29.5 Å². The first-order chi connectivity index (χ1) is 13.9. The minimum Gasteiger partial charge on any atom is -0.468 e. The van der Waals surface area contributed by atoms with Crippen LogP contribution in [0.4, 0.5) is 0 Å². The molecule has 1 aliphatic heterocycles. The summed E-state index contributed by atoms with van der Waals surface area (Å²) in [6, 6.07) is 16.5. The summed E-state index contributed by atoms with van der Waals surface area (Å²) in [5, 5.41) is 4.47. The zero-order valence-corrected chi connectivity index (χ0v) is 16.5. The van der Waals surface area contributed by atoms with Crippen LogP contribution < -0.4 is 5.32 Å². The lowest BCUT2D eigenvalue weighted by Gasteiger charge is -2.25. The summed E-state index contributed by atoms with van der Waals surface area (Å²) in [7, 11) is 0. The number of nitrogens with one attached hydrogen (secondary N) is 1. The smallest absolute Gasteiger partial charge is 0.163 e. The van der Waals surface area contributed by atoms with Crippen LogP contribution in [0.3, 0.4) is 0 Å². The van der Waals surface area contributed by atoms with Crippen LogP contribution >= 0.6 is 11.3 Å². The van der Waals surface area contributed by atoms with Gasteiger partial charge in [-0.2, -0.15) is 0 Å². The van der Waals surface area contributed by atoms with Crippen molar-refractivity contribution in [3.63, 3.8) is 0 Å².